The van der Waals surface area contributed by atoms with Gasteiger partial charge >= 0.3 is 0 Å². The molecule has 2 amide bonds. The number of nitrogens with zero attached hydrogens (tertiary/aromatic N) is 1. The van der Waals surface area contributed by atoms with Crippen molar-refractivity contribution in [2.75, 3.05) is 30.3 Å². The molecule has 2 aromatic rings. The molecule has 2 heterocycles. The lowest BCUT2D eigenvalue weighted by molar-refractivity contribution is -0.117. The standard InChI is InChI=1S/C29H41N3O2S/c1-18-11-13-32(14-12-18)17-25(33)31-28-26(27(34)30-23-10-7-19(2)15-20(23)3)22-9-8-21(29(4,5)6)16-24(22)35-28/h7,10,15,18,21H,8-9,11-14,16-17H2,1-6H3,(H,30,34)(H,31,33)/t21-/m1/s1. The average Bonchev–Trinajstić information content (AvgIpc) is 3.13. The molecular weight excluding hydrogens is 454 g/mol. The number of thiophene rings is 1. The van der Waals surface area contributed by atoms with Crippen molar-refractivity contribution < 1.29 is 9.59 Å². The highest BCUT2D eigenvalue weighted by Crippen LogP contribution is 2.44. The Balaban J connectivity index is 1.58. The molecule has 1 atom stereocenters. The van der Waals surface area contributed by atoms with Crippen LogP contribution in [0.2, 0.25) is 0 Å². The highest BCUT2D eigenvalue weighted by Gasteiger charge is 2.34. The van der Waals surface area contributed by atoms with Crippen LogP contribution in [0.4, 0.5) is 10.7 Å². The fraction of sp³-hybridized carbons (Fsp3) is 0.586. The third-order valence-corrected chi connectivity index (χ3v) is 9.01. The summed E-state index contributed by atoms with van der Waals surface area (Å²) < 4.78 is 0. The van der Waals surface area contributed by atoms with Gasteiger partial charge in [0.05, 0.1) is 12.1 Å². The summed E-state index contributed by atoms with van der Waals surface area (Å²) in [4.78, 5) is 30.2. The van der Waals surface area contributed by atoms with Gasteiger partial charge in [-0.3, -0.25) is 14.5 Å². The number of aryl methyl sites for hydroxylation is 2. The monoisotopic (exact) mass is 495 g/mol. The molecule has 190 valence electrons. The summed E-state index contributed by atoms with van der Waals surface area (Å²) in [5.74, 6) is 1.16. The van der Waals surface area contributed by atoms with Crippen molar-refractivity contribution in [2.45, 2.75) is 73.6 Å². The van der Waals surface area contributed by atoms with Crippen LogP contribution in [-0.4, -0.2) is 36.3 Å². The van der Waals surface area contributed by atoms with Gasteiger partial charge in [0.2, 0.25) is 5.91 Å². The first-order valence-corrected chi connectivity index (χ1v) is 13.9. The van der Waals surface area contributed by atoms with Crippen LogP contribution in [0.15, 0.2) is 18.2 Å². The Labute approximate surface area is 214 Å². The van der Waals surface area contributed by atoms with Gasteiger partial charge in [0.25, 0.3) is 5.91 Å². The number of hydrogen-bond donors (Lipinski definition) is 2. The predicted octanol–water partition coefficient (Wildman–Crippen LogP) is 6.44. The molecule has 2 N–H and O–H groups in total. The quantitative estimate of drug-likeness (QED) is 0.502. The maximum atomic E-state index is 13.6. The van der Waals surface area contributed by atoms with Crippen molar-refractivity contribution in [1.29, 1.82) is 0 Å². The van der Waals surface area contributed by atoms with Crippen LogP contribution < -0.4 is 10.6 Å². The topological polar surface area (TPSA) is 61.4 Å². The first-order chi connectivity index (χ1) is 16.5. The van der Waals surface area contributed by atoms with E-state index in [0.29, 0.717) is 23.0 Å². The second-order valence-corrected chi connectivity index (χ2v) is 12.9. The summed E-state index contributed by atoms with van der Waals surface area (Å²) in [6.07, 6.45) is 5.18. The van der Waals surface area contributed by atoms with E-state index < -0.39 is 0 Å². The smallest absolute Gasteiger partial charge is 0.258 e. The van der Waals surface area contributed by atoms with Gasteiger partial charge in [-0.1, -0.05) is 45.4 Å². The Morgan fingerprint density at radius 2 is 1.80 bits per heavy atom. The van der Waals surface area contributed by atoms with Crippen molar-refractivity contribution in [1.82, 2.24) is 4.90 Å². The van der Waals surface area contributed by atoms with Crippen LogP contribution in [0.1, 0.15) is 78.9 Å². The van der Waals surface area contributed by atoms with Gasteiger partial charge in [-0.25, -0.2) is 0 Å². The third-order valence-electron chi connectivity index (χ3n) is 7.84. The molecule has 0 spiro atoms. The van der Waals surface area contributed by atoms with Gasteiger partial charge in [-0.05, 0) is 93.5 Å². The molecule has 0 saturated carbocycles. The zero-order valence-electron chi connectivity index (χ0n) is 22.2. The van der Waals surface area contributed by atoms with Crippen LogP contribution >= 0.6 is 11.3 Å². The normalized spacial score (nSPS) is 19.3. The maximum Gasteiger partial charge on any atom is 0.258 e. The number of anilines is 2. The third kappa shape index (κ3) is 6.15. The number of carbonyl (C=O) groups is 2. The zero-order chi connectivity index (χ0) is 25.3. The van der Waals surface area contributed by atoms with Gasteiger partial charge in [-0.15, -0.1) is 11.3 Å². The van der Waals surface area contributed by atoms with E-state index in [4.69, 9.17) is 0 Å². The summed E-state index contributed by atoms with van der Waals surface area (Å²) in [7, 11) is 0. The molecule has 6 heteroatoms. The van der Waals surface area contributed by atoms with Gasteiger partial charge in [0.1, 0.15) is 5.00 Å². The second-order valence-electron chi connectivity index (χ2n) is 11.8. The molecule has 1 aliphatic heterocycles. The number of likely N-dealkylation sites (tertiary alicyclic amines) is 1. The summed E-state index contributed by atoms with van der Waals surface area (Å²) in [6.45, 7) is 15.5. The number of hydrogen-bond acceptors (Lipinski definition) is 4. The van der Waals surface area contributed by atoms with E-state index in [0.717, 1.165) is 67.9 Å². The number of fused-ring (bicyclic) bond motifs is 1. The van der Waals surface area contributed by atoms with Gasteiger partial charge in [0, 0.05) is 10.6 Å². The largest absolute Gasteiger partial charge is 0.322 e. The van der Waals surface area contributed by atoms with E-state index in [1.54, 1.807) is 11.3 Å². The fourth-order valence-electron chi connectivity index (χ4n) is 5.38. The molecule has 1 fully saturated rings. The molecule has 0 unspecified atom stereocenters. The van der Waals surface area contributed by atoms with Crippen molar-refractivity contribution in [2.24, 2.45) is 17.3 Å². The number of piperidine rings is 1. The molecule has 0 radical (unpaired) electrons. The summed E-state index contributed by atoms with van der Waals surface area (Å²) in [5.41, 5.74) is 5.04. The van der Waals surface area contributed by atoms with Crippen LogP contribution in [0.3, 0.4) is 0 Å². The highest BCUT2D eigenvalue weighted by atomic mass is 32.1. The molecule has 1 aromatic carbocycles. The van der Waals surface area contributed by atoms with Crippen molar-refractivity contribution >= 4 is 33.8 Å². The number of amides is 2. The molecule has 4 rings (SSSR count). The van der Waals surface area contributed by atoms with Gasteiger partial charge in [0.15, 0.2) is 0 Å². The Morgan fingerprint density at radius 1 is 1.09 bits per heavy atom. The van der Waals surface area contributed by atoms with E-state index in [2.05, 4.69) is 56.2 Å². The van der Waals surface area contributed by atoms with Crippen molar-refractivity contribution in [3.63, 3.8) is 0 Å². The Morgan fingerprint density at radius 3 is 2.46 bits per heavy atom. The van der Waals surface area contributed by atoms with Crippen molar-refractivity contribution in [3.05, 3.63) is 45.3 Å². The van der Waals surface area contributed by atoms with Crippen molar-refractivity contribution in [3.8, 4) is 0 Å². The minimum Gasteiger partial charge on any atom is -0.322 e. The molecule has 35 heavy (non-hydrogen) atoms. The zero-order valence-corrected chi connectivity index (χ0v) is 23.0. The summed E-state index contributed by atoms with van der Waals surface area (Å²) in [5, 5.41) is 7.00. The minimum absolute atomic E-state index is 0.0221. The van der Waals surface area contributed by atoms with Crippen LogP contribution in [-0.2, 0) is 17.6 Å². The second kappa shape index (κ2) is 10.4. The molecule has 5 nitrogen and oxygen atoms in total. The Bertz CT molecular complexity index is 1090. The van der Waals surface area contributed by atoms with E-state index in [1.165, 1.54) is 10.4 Å². The summed E-state index contributed by atoms with van der Waals surface area (Å²) >= 11 is 1.61. The molecule has 1 aromatic heterocycles. The molecule has 0 bridgehead atoms. The number of benzene rings is 1. The lowest BCUT2D eigenvalue weighted by Crippen LogP contribution is -2.38. The Kier molecular flexibility index (Phi) is 7.72. The first-order valence-electron chi connectivity index (χ1n) is 13.1. The molecule has 2 aliphatic rings. The lowest BCUT2D eigenvalue weighted by Gasteiger charge is -2.33. The lowest BCUT2D eigenvalue weighted by atomic mass is 9.72. The number of rotatable bonds is 5. The van der Waals surface area contributed by atoms with E-state index in [9.17, 15) is 9.59 Å². The van der Waals surface area contributed by atoms with E-state index >= 15 is 0 Å². The van der Waals surface area contributed by atoms with Crippen LogP contribution in [0, 0.1) is 31.1 Å². The van der Waals surface area contributed by atoms with E-state index in [1.807, 2.05) is 19.1 Å². The van der Waals surface area contributed by atoms with Gasteiger partial charge < -0.3 is 10.6 Å². The number of nitrogens with one attached hydrogen (secondary N) is 2. The first kappa shape index (κ1) is 25.9. The summed E-state index contributed by atoms with van der Waals surface area (Å²) in [6, 6.07) is 6.06. The van der Waals surface area contributed by atoms with Crippen LogP contribution in [0.5, 0.6) is 0 Å². The molecular formula is C29H41N3O2S. The van der Waals surface area contributed by atoms with Crippen LogP contribution in [0.25, 0.3) is 0 Å². The van der Waals surface area contributed by atoms with Gasteiger partial charge in [-0.2, -0.15) is 0 Å². The minimum atomic E-state index is -0.120. The Hall–Kier alpha value is -2.18. The molecule has 1 aliphatic carbocycles. The fourth-order valence-corrected chi connectivity index (χ4v) is 6.72. The number of carbonyl (C=O) groups excluding carboxylic acids is 2. The predicted molar refractivity (Wildman–Crippen MR) is 147 cm³/mol. The van der Waals surface area contributed by atoms with E-state index in [-0.39, 0.29) is 17.2 Å². The average molecular weight is 496 g/mol. The highest BCUT2D eigenvalue weighted by molar-refractivity contribution is 7.17. The SMILES string of the molecule is Cc1ccc(NC(=O)c2c(NC(=O)CN3CCC(C)CC3)sc3c2CC[C@@H](C(C)(C)C)C3)c(C)c1. The molecule has 1 saturated heterocycles. The maximum absolute atomic E-state index is 13.6.